The highest BCUT2D eigenvalue weighted by atomic mass is 16.6. The number of nitro benzene ring substituents is 1. The van der Waals surface area contributed by atoms with Gasteiger partial charge in [0.05, 0.1) is 17.0 Å². The second-order valence-electron chi connectivity index (χ2n) is 5.33. The second kappa shape index (κ2) is 7.43. The molecule has 2 aromatic carbocycles. The van der Waals surface area contributed by atoms with Gasteiger partial charge in [0, 0.05) is 6.07 Å². The summed E-state index contributed by atoms with van der Waals surface area (Å²) in [6.45, 7) is -0.441. The fourth-order valence-electron chi connectivity index (χ4n) is 2.34. The summed E-state index contributed by atoms with van der Waals surface area (Å²) < 4.78 is 5.20. The number of nitrogens with zero attached hydrogens (tertiary/aromatic N) is 3. The normalized spacial score (nSPS) is 13.3. The Labute approximate surface area is 148 Å². The number of ether oxygens (including phenoxy) is 1. The Morgan fingerprint density at radius 1 is 1.19 bits per heavy atom. The number of nitrogens with one attached hydrogen (secondary N) is 1. The fourth-order valence-corrected chi connectivity index (χ4v) is 2.34. The van der Waals surface area contributed by atoms with Gasteiger partial charge >= 0.3 is 5.69 Å². The molecule has 1 N–H and O–H groups in total. The van der Waals surface area contributed by atoms with Crippen LogP contribution in [0.25, 0.3) is 0 Å². The number of benzene rings is 2. The molecule has 2 amide bonds. The number of hydrazone groups is 1. The van der Waals surface area contributed by atoms with Crippen molar-refractivity contribution in [2.45, 2.75) is 6.42 Å². The number of para-hydroxylation sites is 3. The van der Waals surface area contributed by atoms with E-state index in [-0.39, 0.29) is 29.6 Å². The first-order valence-corrected chi connectivity index (χ1v) is 7.66. The van der Waals surface area contributed by atoms with Crippen LogP contribution in [-0.2, 0) is 9.59 Å². The number of carbonyl (C=O) groups is 2. The molecule has 0 saturated carbocycles. The molecule has 0 bridgehead atoms. The molecular formula is C17H14N4O5. The number of carbonyl (C=O) groups excluding carboxylic acids is 2. The van der Waals surface area contributed by atoms with E-state index in [1.54, 1.807) is 30.3 Å². The minimum atomic E-state index is -0.593. The Morgan fingerprint density at radius 3 is 2.62 bits per heavy atom. The Balaban J connectivity index is 1.61. The van der Waals surface area contributed by atoms with Crippen LogP contribution in [0.15, 0.2) is 59.7 Å². The van der Waals surface area contributed by atoms with Gasteiger partial charge in [0.25, 0.3) is 11.8 Å². The third-order valence-corrected chi connectivity index (χ3v) is 3.48. The maximum atomic E-state index is 12.0. The molecule has 0 fully saturated rings. The molecule has 1 aliphatic heterocycles. The van der Waals surface area contributed by atoms with Gasteiger partial charge in [-0.2, -0.15) is 10.1 Å². The SMILES string of the molecule is O=C(COc1ccccc1[N+](=O)[O-])NC1=NN(c2ccccc2)C(=O)C1. The van der Waals surface area contributed by atoms with Crippen molar-refractivity contribution in [2.24, 2.45) is 5.10 Å². The summed E-state index contributed by atoms with van der Waals surface area (Å²) in [4.78, 5) is 34.3. The van der Waals surface area contributed by atoms with Gasteiger partial charge < -0.3 is 10.1 Å². The van der Waals surface area contributed by atoms with Crippen molar-refractivity contribution in [1.82, 2.24) is 5.32 Å². The van der Waals surface area contributed by atoms with Crippen LogP contribution in [0.2, 0.25) is 0 Å². The maximum Gasteiger partial charge on any atom is 0.310 e. The molecule has 0 atom stereocenters. The number of anilines is 1. The van der Waals surface area contributed by atoms with Gasteiger partial charge in [0.15, 0.2) is 12.4 Å². The van der Waals surface area contributed by atoms with E-state index in [1.807, 2.05) is 6.07 Å². The third-order valence-electron chi connectivity index (χ3n) is 3.48. The molecule has 2 aromatic rings. The average Bonchev–Trinajstić information content (AvgIpc) is 3.01. The summed E-state index contributed by atoms with van der Waals surface area (Å²) in [7, 11) is 0. The van der Waals surface area contributed by atoms with Crippen LogP contribution in [0.1, 0.15) is 6.42 Å². The number of rotatable bonds is 5. The quantitative estimate of drug-likeness (QED) is 0.650. The number of amidine groups is 1. The Morgan fingerprint density at radius 2 is 1.88 bits per heavy atom. The van der Waals surface area contributed by atoms with Crippen LogP contribution in [0.5, 0.6) is 5.75 Å². The van der Waals surface area contributed by atoms with Crippen molar-refractivity contribution in [3.05, 3.63) is 64.7 Å². The number of hydrogen-bond acceptors (Lipinski definition) is 6. The molecule has 1 aliphatic rings. The van der Waals surface area contributed by atoms with Crippen LogP contribution in [0.4, 0.5) is 11.4 Å². The summed E-state index contributed by atoms with van der Waals surface area (Å²) in [6, 6.07) is 14.6. The molecule has 9 heteroatoms. The van der Waals surface area contributed by atoms with Gasteiger partial charge in [-0.15, -0.1) is 0 Å². The summed E-state index contributed by atoms with van der Waals surface area (Å²) in [5, 5.41) is 18.7. The molecule has 3 rings (SSSR count). The predicted molar refractivity (Wildman–Crippen MR) is 92.7 cm³/mol. The zero-order valence-electron chi connectivity index (χ0n) is 13.5. The van der Waals surface area contributed by atoms with E-state index in [9.17, 15) is 19.7 Å². The van der Waals surface area contributed by atoms with Gasteiger partial charge in [-0.05, 0) is 18.2 Å². The number of hydrogen-bond donors (Lipinski definition) is 1. The van der Waals surface area contributed by atoms with Gasteiger partial charge in [-0.1, -0.05) is 30.3 Å². The first-order chi connectivity index (χ1) is 12.5. The smallest absolute Gasteiger partial charge is 0.310 e. The van der Waals surface area contributed by atoms with Crippen LogP contribution in [0, 0.1) is 10.1 Å². The van der Waals surface area contributed by atoms with Crippen LogP contribution >= 0.6 is 0 Å². The molecule has 26 heavy (non-hydrogen) atoms. The Bertz CT molecular complexity index is 882. The summed E-state index contributed by atoms with van der Waals surface area (Å²) in [6.07, 6.45) is -0.0495. The minimum absolute atomic E-state index is 0.0111. The lowest BCUT2D eigenvalue weighted by atomic mass is 10.3. The van der Waals surface area contributed by atoms with E-state index >= 15 is 0 Å². The largest absolute Gasteiger partial charge is 0.477 e. The van der Waals surface area contributed by atoms with Crippen molar-refractivity contribution in [3.8, 4) is 5.75 Å². The number of amides is 2. The molecule has 0 radical (unpaired) electrons. The molecule has 1 heterocycles. The minimum Gasteiger partial charge on any atom is -0.477 e. The lowest BCUT2D eigenvalue weighted by Gasteiger charge is -2.10. The molecule has 9 nitrogen and oxygen atoms in total. The van der Waals surface area contributed by atoms with Crippen LogP contribution in [-0.4, -0.2) is 29.2 Å². The molecule has 0 unspecified atom stereocenters. The highest BCUT2D eigenvalue weighted by molar-refractivity contribution is 6.15. The first kappa shape index (κ1) is 17.1. The summed E-state index contributed by atoms with van der Waals surface area (Å²) >= 11 is 0. The molecule has 0 aliphatic carbocycles. The third kappa shape index (κ3) is 3.83. The van der Waals surface area contributed by atoms with Crippen LogP contribution < -0.4 is 15.1 Å². The molecule has 0 aromatic heterocycles. The zero-order chi connectivity index (χ0) is 18.5. The van der Waals surface area contributed by atoms with Crippen LogP contribution in [0.3, 0.4) is 0 Å². The lowest BCUT2D eigenvalue weighted by Crippen LogP contribution is -2.33. The van der Waals surface area contributed by atoms with E-state index in [0.29, 0.717) is 5.69 Å². The Kier molecular flexibility index (Phi) is 4.88. The van der Waals surface area contributed by atoms with E-state index < -0.39 is 17.4 Å². The van der Waals surface area contributed by atoms with Crippen molar-refractivity contribution >= 4 is 29.0 Å². The fraction of sp³-hybridized carbons (Fsp3) is 0.118. The first-order valence-electron chi connectivity index (χ1n) is 7.66. The summed E-state index contributed by atoms with van der Waals surface area (Å²) in [5.41, 5.74) is 0.363. The van der Waals surface area contributed by atoms with Crippen molar-refractivity contribution in [3.63, 3.8) is 0 Å². The van der Waals surface area contributed by atoms with E-state index in [2.05, 4.69) is 10.4 Å². The van der Waals surface area contributed by atoms with E-state index in [1.165, 1.54) is 23.2 Å². The highest BCUT2D eigenvalue weighted by Crippen LogP contribution is 2.25. The summed E-state index contributed by atoms with van der Waals surface area (Å²) in [5.74, 6) is -0.659. The molecule has 132 valence electrons. The molecule has 0 spiro atoms. The number of nitro groups is 1. The van der Waals surface area contributed by atoms with Crippen molar-refractivity contribution < 1.29 is 19.2 Å². The monoisotopic (exact) mass is 354 g/mol. The predicted octanol–water partition coefficient (Wildman–Crippen LogP) is 1.84. The van der Waals surface area contributed by atoms with Gasteiger partial charge in [-0.3, -0.25) is 19.7 Å². The highest BCUT2D eigenvalue weighted by Gasteiger charge is 2.26. The van der Waals surface area contributed by atoms with E-state index in [4.69, 9.17) is 4.74 Å². The second-order valence-corrected chi connectivity index (χ2v) is 5.33. The lowest BCUT2D eigenvalue weighted by molar-refractivity contribution is -0.385. The maximum absolute atomic E-state index is 12.0. The topological polar surface area (TPSA) is 114 Å². The molecular weight excluding hydrogens is 340 g/mol. The van der Waals surface area contributed by atoms with Gasteiger partial charge in [-0.25, -0.2) is 0 Å². The van der Waals surface area contributed by atoms with Gasteiger partial charge in [0.2, 0.25) is 0 Å². The van der Waals surface area contributed by atoms with E-state index in [0.717, 1.165) is 0 Å². The average molecular weight is 354 g/mol. The standard InChI is InChI=1S/C17H14N4O5/c22-16(11-26-14-9-5-4-8-13(14)21(24)25)18-15-10-17(23)20(19-15)12-6-2-1-3-7-12/h1-9H,10-11H2,(H,18,19,22). The van der Waals surface area contributed by atoms with Gasteiger partial charge in [0.1, 0.15) is 5.84 Å². The molecule has 0 saturated heterocycles. The zero-order valence-corrected chi connectivity index (χ0v) is 13.5. The Hall–Kier alpha value is -3.75. The van der Waals surface area contributed by atoms with Crippen molar-refractivity contribution in [1.29, 1.82) is 0 Å². The van der Waals surface area contributed by atoms with Crippen molar-refractivity contribution in [2.75, 3.05) is 11.6 Å².